The molecule has 4 nitrogen and oxygen atoms in total. The molecular weight excluding hydrogens is 260 g/mol. The summed E-state index contributed by atoms with van der Waals surface area (Å²) in [6.07, 6.45) is -0.0271. The van der Waals surface area contributed by atoms with Crippen molar-refractivity contribution in [2.45, 2.75) is 24.7 Å². The van der Waals surface area contributed by atoms with E-state index < -0.39 is 36.9 Å². The first-order valence-corrected chi connectivity index (χ1v) is 5.40. The summed E-state index contributed by atoms with van der Waals surface area (Å²) in [6, 6.07) is 0. The van der Waals surface area contributed by atoms with Crippen molar-refractivity contribution in [1.82, 2.24) is 0 Å². The van der Waals surface area contributed by atoms with Crippen LogP contribution in [-0.2, 0) is 14.3 Å². The Balaban J connectivity index is 2.67. The first kappa shape index (κ1) is 15.2. The average molecular weight is 274 g/mol. The van der Waals surface area contributed by atoms with Gasteiger partial charge in [-0.25, -0.2) is 0 Å². The van der Waals surface area contributed by atoms with Crippen LogP contribution in [0.2, 0.25) is 0 Å². The fraction of sp³-hybridized carbons (Fsp3) is 0.900. The topological polar surface area (TPSA) is 55.8 Å². The number of carboxylic acid groups (broad SMARTS) is 1. The third-order valence-corrected chi connectivity index (χ3v) is 2.67. The van der Waals surface area contributed by atoms with Gasteiger partial charge in [0.15, 0.2) is 0 Å². The molecule has 0 radical (unpaired) electrons. The van der Waals surface area contributed by atoms with Crippen LogP contribution in [0.15, 0.2) is 0 Å². The minimum absolute atomic E-state index is 0.0135. The number of hydrogen-bond acceptors (Lipinski definition) is 3. The number of halogens is 4. The normalized spacial score (nSPS) is 26.2. The SMILES string of the molecule is O=C(O)C1CCOCC(F)(F)C(F)(F)COCC1. The molecule has 1 N–H and O–H groups in total. The van der Waals surface area contributed by atoms with Crippen molar-refractivity contribution >= 4 is 5.97 Å². The zero-order valence-corrected chi connectivity index (χ0v) is 9.50. The molecule has 0 bridgehead atoms. The molecule has 0 unspecified atom stereocenters. The largest absolute Gasteiger partial charge is 0.481 e. The number of aliphatic carboxylic acids is 1. The zero-order chi connectivity index (χ0) is 13.8. The molecule has 0 spiro atoms. The van der Waals surface area contributed by atoms with Crippen LogP contribution in [0.3, 0.4) is 0 Å². The van der Waals surface area contributed by atoms with Gasteiger partial charge in [0.2, 0.25) is 0 Å². The maximum absolute atomic E-state index is 13.1. The second-order valence-corrected chi connectivity index (χ2v) is 4.13. The van der Waals surface area contributed by atoms with Crippen LogP contribution in [0.1, 0.15) is 12.8 Å². The van der Waals surface area contributed by atoms with Crippen molar-refractivity contribution in [3.8, 4) is 0 Å². The lowest BCUT2D eigenvalue weighted by Gasteiger charge is -2.25. The molecule has 1 saturated heterocycles. The molecule has 1 fully saturated rings. The van der Waals surface area contributed by atoms with Crippen LogP contribution in [0.25, 0.3) is 0 Å². The molecule has 0 aliphatic carbocycles. The van der Waals surface area contributed by atoms with Gasteiger partial charge >= 0.3 is 17.8 Å². The minimum Gasteiger partial charge on any atom is -0.481 e. The Kier molecular flexibility index (Phi) is 4.92. The third kappa shape index (κ3) is 3.81. The minimum atomic E-state index is -4.32. The monoisotopic (exact) mass is 274 g/mol. The van der Waals surface area contributed by atoms with Crippen molar-refractivity contribution in [2.75, 3.05) is 26.4 Å². The van der Waals surface area contributed by atoms with Gasteiger partial charge in [-0.05, 0) is 12.8 Å². The maximum atomic E-state index is 13.1. The van der Waals surface area contributed by atoms with Crippen molar-refractivity contribution in [2.24, 2.45) is 5.92 Å². The van der Waals surface area contributed by atoms with Crippen molar-refractivity contribution < 1.29 is 36.9 Å². The van der Waals surface area contributed by atoms with Gasteiger partial charge in [0.25, 0.3) is 0 Å². The van der Waals surface area contributed by atoms with Crippen LogP contribution >= 0.6 is 0 Å². The highest BCUT2D eigenvalue weighted by atomic mass is 19.3. The quantitative estimate of drug-likeness (QED) is 0.741. The first-order valence-electron chi connectivity index (χ1n) is 5.40. The molecule has 0 atom stereocenters. The Morgan fingerprint density at radius 1 is 1.00 bits per heavy atom. The molecule has 0 aromatic carbocycles. The van der Waals surface area contributed by atoms with E-state index in [0.29, 0.717) is 0 Å². The van der Waals surface area contributed by atoms with Gasteiger partial charge in [0, 0.05) is 13.2 Å². The Morgan fingerprint density at radius 2 is 1.39 bits per heavy atom. The van der Waals surface area contributed by atoms with Crippen LogP contribution in [0, 0.1) is 5.92 Å². The first-order chi connectivity index (χ1) is 8.26. The molecule has 1 heterocycles. The third-order valence-electron chi connectivity index (χ3n) is 2.67. The molecule has 1 aliphatic heterocycles. The van der Waals surface area contributed by atoms with E-state index in [1.165, 1.54) is 0 Å². The zero-order valence-electron chi connectivity index (χ0n) is 9.50. The van der Waals surface area contributed by atoms with E-state index in [-0.39, 0.29) is 26.1 Å². The molecule has 106 valence electrons. The number of carbonyl (C=O) groups is 1. The Bertz CT molecular complexity index is 274. The molecule has 18 heavy (non-hydrogen) atoms. The van der Waals surface area contributed by atoms with E-state index in [9.17, 15) is 22.4 Å². The molecule has 0 aromatic heterocycles. The van der Waals surface area contributed by atoms with E-state index in [2.05, 4.69) is 9.47 Å². The summed E-state index contributed by atoms with van der Waals surface area (Å²) in [4.78, 5) is 10.8. The van der Waals surface area contributed by atoms with Crippen LogP contribution < -0.4 is 0 Å². The maximum Gasteiger partial charge on any atom is 0.335 e. The van der Waals surface area contributed by atoms with E-state index in [1.807, 2.05) is 0 Å². The van der Waals surface area contributed by atoms with Gasteiger partial charge in [-0.2, -0.15) is 17.6 Å². The van der Waals surface area contributed by atoms with E-state index >= 15 is 0 Å². The summed E-state index contributed by atoms with van der Waals surface area (Å²) in [7, 11) is 0. The lowest BCUT2D eigenvalue weighted by molar-refractivity contribution is -0.250. The van der Waals surface area contributed by atoms with Gasteiger partial charge in [0.1, 0.15) is 13.2 Å². The Hall–Kier alpha value is -0.890. The number of rotatable bonds is 1. The van der Waals surface area contributed by atoms with Crippen molar-refractivity contribution in [3.63, 3.8) is 0 Å². The molecule has 0 saturated carbocycles. The lowest BCUT2D eigenvalue weighted by atomic mass is 10.0. The van der Waals surface area contributed by atoms with Gasteiger partial charge in [-0.15, -0.1) is 0 Å². The highest BCUT2D eigenvalue weighted by Crippen LogP contribution is 2.35. The van der Waals surface area contributed by atoms with Gasteiger partial charge in [-0.1, -0.05) is 0 Å². The predicted octanol–water partition coefficient (Wildman–Crippen LogP) is 1.78. The lowest BCUT2D eigenvalue weighted by Crippen LogP contribution is -2.47. The summed E-state index contributed by atoms with van der Waals surface area (Å²) in [5, 5.41) is 8.79. The number of carboxylic acids is 1. The molecule has 0 amide bonds. The average Bonchev–Trinajstić information content (AvgIpc) is 2.26. The van der Waals surface area contributed by atoms with Crippen LogP contribution in [0.5, 0.6) is 0 Å². The smallest absolute Gasteiger partial charge is 0.335 e. The Morgan fingerprint density at radius 3 is 1.72 bits per heavy atom. The molecule has 0 aromatic rings. The van der Waals surface area contributed by atoms with Crippen LogP contribution in [0.4, 0.5) is 17.6 Å². The van der Waals surface area contributed by atoms with E-state index in [0.717, 1.165) is 0 Å². The summed E-state index contributed by atoms with van der Waals surface area (Å²) in [5.74, 6) is -10.6. The van der Waals surface area contributed by atoms with Gasteiger partial charge < -0.3 is 14.6 Å². The van der Waals surface area contributed by atoms with Gasteiger partial charge in [-0.3, -0.25) is 4.79 Å². The summed E-state index contributed by atoms with van der Waals surface area (Å²) < 4.78 is 61.1. The van der Waals surface area contributed by atoms with E-state index in [4.69, 9.17) is 5.11 Å². The van der Waals surface area contributed by atoms with Crippen LogP contribution in [-0.4, -0.2) is 49.3 Å². The highest BCUT2D eigenvalue weighted by Gasteiger charge is 2.56. The highest BCUT2D eigenvalue weighted by molar-refractivity contribution is 5.69. The number of alkyl halides is 4. The Labute approximate surface area is 101 Å². The molecular formula is C10H14F4O4. The summed E-state index contributed by atoms with van der Waals surface area (Å²) in [5.41, 5.74) is 0. The summed E-state index contributed by atoms with van der Waals surface area (Å²) in [6.45, 7) is -3.50. The molecule has 1 aliphatic rings. The fourth-order valence-electron chi connectivity index (χ4n) is 1.45. The molecule has 1 rings (SSSR count). The van der Waals surface area contributed by atoms with E-state index in [1.54, 1.807) is 0 Å². The fourth-order valence-corrected chi connectivity index (χ4v) is 1.45. The van der Waals surface area contributed by atoms with Crippen molar-refractivity contribution in [1.29, 1.82) is 0 Å². The number of ether oxygens (including phenoxy) is 2. The number of hydrogen-bond donors (Lipinski definition) is 1. The summed E-state index contributed by atoms with van der Waals surface area (Å²) >= 11 is 0. The van der Waals surface area contributed by atoms with Gasteiger partial charge in [0.05, 0.1) is 5.92 Å². The second-order valence-electron chi connectivity index (χ2n) is 4.13. The second kappa shape index (κ2) is 5.83. The molecule has 8 heteroatoms. The van der Waals surface area contributed by atoms with Crippen molar-refractivity contribution in [3.05, 3.63) is 0 Å². The standard InChI is InChI=1S/C10H14F4O4/c11-9(12)5-17-3-1-7(8(15)16)2-4-18-6-10(9,13)14/h7H,1-6H2,(H,15,16). The predicted molar refractivity (Wildman–Crippen MR) is 51.9 cm³/mol.